The van der Waals surface area contributed by atoms with Crippen LogP contribution in [-0.4, -0.2) is 63.9 Å². The number of fused-ring (bicyclic) bond motifs is 2. The Bertz CT molecular complexity index is 1090. The van der Waals surface area contributed by atoms with E-state index in [0.29, 0.717) is 25.2 Å². The van der Waals surface area contributed by atoms with Crippen molar-refractivity contribution in [2.75, 3.05) is 13.1 Å². The number of amides is 3. The standard InChI is InChI=1S/C25H30N4O5/c30-22-15(7-4-10-26-22)12-20(25(33)34)28-23(31)21-17-8-3-6-16(17)13-29(21)24(32)19-11-14-5-1-2-9-18(14)27-19/h1-2,5,9,11,15-17,20-21,27H,3-4,6-8,10,12-13H2,(H,26,30)(H,28,31)(H,33,34)/t15-,16-,17-,20?,21-/m0/s1. The number of H-pyrrole nitrogens is 1. The molecule has 34 heavy (non-hydrogen) atoms. The van der Waals surface area contributed by atoms with Gasteiger partial charge in [0.15, 0.2) is 0 Å². The number of piperidine rings is 1. The first-order chi connectivity index (χ1) is 16.4. The van der Waals surface area contributed by atoms with Gasteiger partial charge in [0, 0.05) is 29.9 Å². The van der Waals surface area contributed by atoms with E-state index in [-0.39, 0.29) is 30.1 Å². The molecule has 3 amide bonds. The number of nitrogens with zero attached hydrogens (tertiary/aromatic N) is 1. The van der Waals surface area contributed by atoms with Crippen LogP contribution in [0.5, 0.6) is 0 Å². The fraction of sp³-hybridized carbons (Fsp3) is 0.520. The second-order valence-corrected chi connectivity index (χ2v) is 9.79. The lowest BCUT2D eigenvalue weighted by molar-refractivity contribution is -0.143. The SMILES string of the molecule is O=C(O)C(C[C@@H]1CCCNC1=O)NC(=O)[C@@H]1[C@H]2CCC[C@H]2CN1C(=O)c1cc2ccccc2[nH]1. The quantitative estimate of drug-likeness (QED) is 0.516. The molecule has 9 heteroatoms. The van der Waals surface area contributed by atoms with Crippen LogP contribution in [0.3, 0.4) is 0 Å². The topological polar surface area (TPSA) is 132 Å². The number of benzene rings is 1. The van der Waals surface area contributed by atoms with Gasteiger partial charge in [0.05, 0.1) is 0 Å². The molecule has 3 aliphatic rings. The molecule has 0 radical (unpaired) electrons. The summed E-state index contributed by atoms with van der Waals surface area (Å²) in [5.41, 5.74) is 1.27. The molecule has 2 aromatic rings. The summed E-state index contributed by atoms with van der Waals surface area (Å²) < 4.78 is 0. The van der Waals surface area contributed by atoms with Crippen molar-refractivity contribution in [2.24, 2.45) is 17.8 Å². The highest BCUT2D eigenvalue weighted by Gasteiger charge is 2.50. The number of carbonyl (C=O) groups is 4. The molecule has 1 aromatic carbocycles. The first kappa shape index (κ1) is 22.4. The minimum Gasteiger partial charge on any atom is -0.480 e. The minimum absolute atomic E-state index is 0.0146. The zero-order valence-electron chi connectivity index (χ0n) is 19.0. The predicted molar refractivity (Wildman–Crippen MR) is 124 cm³/mol. The number of carboxylic acids is 1. The second-order valence-electron chi connectivity index (χ2n) is 9.79. The molecular weight excluding hydrogens is 436 g/mol. The maximum atomic E-state index is 13.5. The third kappa shape index (κ3) is 4.15. The molecule has 5 rings (SSSR count). The molecule has 0 bridgehead atoms. The fourth-order valence-corrected chi connectivity index (χ4v) is 6.02. The van der Waals surface area contributed by atoms with Gasteiger partial charge in [0.1, 0.15) is 17.8 Å². The molecule has 5 atom stereocenters. The van der Waals surface area contributed by atoms with Crippen LogP contribution < -0.4 is 10.6 Å². The van der Waals surface area contributed by atoms with Crippen molar-refractivity contribution in [3.8, 4) is 0 Å². The molecule has 4 N–H and O–H groups in total. The van der Waals surface area contributed by atoms with E-state index < -0.39 is 29.9 Å². The summed E-state index contributed by atoms with van der Waals surface area (Å²) in [6.45, 7) is 1.08. The number of rotatable bonds is 6. The van der Waals surface area contributed by atoms with Gasteiger partial charge in [-0.05, 0) is 56.1 Å². The van der Waals surface area contributed by atoms with Gasteiger partial charge in [-0.1, -0.05) is 24.6 Å². The number of para-hydroxylation sites is 1. The highest BCUT2D eigenvalue weighted by Crippen LogP contribution is 2.43. The third-order valence-electron chi connectivity index (χ3n) is 7.71. The van der Waals surface area contributed by atoms with E-state index in [9.17, 15) is 24.3 Å². The van der Waals surface area contributed by atoms with Gasteiger partial charge in [0.25, 0.3) is 5.91 Å². The Morgan fingerprint density at radius 2 is 1.97 bits per heavy atom. The van der Waals surface area contributed by atoms with Gasteiger partial charge < -0.3 is 25.6 Å². The molecule has 1 saturated carbocycles. The molecule has 1 aromatic heterocycles. The average Bonchev–Trinajstić information content (AvgIpc) is 3.53. The lowest BCUT2D eigenvalue weighted by atomic mass is 9.90. The van der Waals surface area contributed by atoms with Crippen molar-refractivity contribution in [1.82, 2.24) is 20.5 Å². The van der Waals surface area contributed by atoms with Crippen molar-refractivity contribution < 1.29 is 24.3 Å². The molecule has 3 fully saturated rings. The Labute approximate surface area is 197 Å². The van der Waals surface area contributed by atoms with Crippen molar-refractivity contribution >= 4 is 34.6 Å². The third-order valence-corrected chi connectivity index (χ3v) is 7.71. The molecular formula is C25H30N4O5. The molecule has 180 valence electrons. The van der Waals surface area contributed by atoms with Crippen LogP contribution in [0.2, 0.25) is 0 Å². The van der Waals surface area contributed by atoms with E-state index in [1.807, 2.05) is 24.3 Å². The number of hydrogen-bond acceptors (Lipinski definition) is 4. The summed E-state index contributed by atoms with van der Waals surface area (Å²) in [6.07, 6.45) is 4.22. The number of carboxylic acid groups (broad SMARTS) is 1. The number of aromatic nitrogens is 1. The molecule has 2 saturated heterocycles. The Morgan fingerprint density at radius 3 is 2.74 bits per heavy atom. The van der Waals surface area contributed by atoms with E-state index in [0.717, 1.165) is 36.6 Å². The van der Waals surface area contributed by atoms with E-state index >= 15 is 0 Å². The fourth-order valence-electron chi connectivity index (χ4n) is 6.02. The van der Waals surface area contributed by atoms with Crippen LogP contribution in [0.4, 0.5) is 0 Å². The minimum atomic E-state index is -1.17. The number of carbonyl (C=O) groups excluding carboxylic acids is 3. The Morgan fingerprint density at radius 1 is 1.15 bits per heavy atom. The maximum Gasteiger partial charge on any atom is 0.326 e. The number of hydrogen-bond donors (Lipinski definition) is 4. The summed E-state index contributed by atoms with van der Waals surface area (Å²) in [6, 6.07) is 7.52. The van der Waals surface area contributed by atoms with E-state index in [2.05, 4.69) is 15.6 Å². The van der Waals surface area contributed by atoms with Gasteiger partial charge >= 0.3 is 5.97 Å². The zero-order valence-corrected chi connectivity index (χ0v) is 19.0. The van der Waals surface area contributed by atoms with Gasteiger partial charge in [-0.15, -0.1) is 0 Å². The first-order valence-electron chi connectivity index (χ1n) is 12.1. The molecule has 2 aliphatic heterocycles. The normalized spacial score (nSPS) is 27.3. The van der Waals surface area contributed by atoms with Gasteiger partial charge in [0.2, 0.25) is 11.8 Å². The number of aromatic amines is 1. The highest BCUT2D eigenvalue weighted by molar-refractivity contribution is 6.01. The van der Waals surface area contributed by atoms with Crippen LogP contribution in [0.15, 0.2) is 30.3 Å². The zero-order chi connectivity index (χ0) is 23.8. The van der Waals surface area contributed by atoms with Gasteiger partial charge in [-0.2, -0.15) is 0 Å². The first-order valence-corrected chi connectivity index (χ1v) is 12.1. The predicted octanol–water partition coefficient (Wildman–Crippen LogP) is 1.89. The summed E-state index contributed by atoms with van der Waals surface area (Å²) in [7, 11) is 0. The highest BCUT2D eigenvalue weighted by atomic mass is 16.4. The second kappa shape index (κ2) is 9.12. The lowest BCUT2D eigenvalue weighted by Gasteiger charge is -2.29. The van der Waals surface area contributed by atoms with Crippen molar-refractivity contribution in [1.29, 1.82) is 0 Å². The van der Waals surface area contributed by atoms with E-state index in [4.69, 9.17) is 0 Å². The largest absolute Gasteiger partial charge is 0.480 e. The molecule has 3 heterocycles. The smallest absolute Gasteiger partial charge is 0.326 e. The van der Waals surface area contributed by atoms with Crippen LogP contribution in [0.25, 0.3) is 10.9 Å². The van der Waals surface area contributed by atoms with Crippen molar-refractivity contribution in [2.45, 2.75) is 50.6 Å². The average molecular weight is 467 g/mol. The van der Waals surface area contributed by atoms with Gasteiger partial charge in [-0.3, -0.25) is 14.4 Å². The van der Waals surface area contributed by atoms with Crippen LogP contribution in [0, 0.1) is 17.8 Å². The summed E-state index contributed by atoms with van der Waals surface area (Å²) >= 11 is 0. The van der Waals surface area contributed by atoms with E-state index in [1.165, 1.54) is 0 Å². The van der Waals surface area contributed by atoms with Gasteiger partial charge in [-0.25, -0.2) is 4.79 Å². The summed E-state index contributed by atoms with van der Waals surface area (Å²) in [5, 5.41) is 16.1. The monoisotopic (exact) mass is 466 g/mol. The Hall–Kier alpha value is -3.36. The molecule has 1 aliphatic carbocycles. The van der Waals surface area contributed by atoms with E-state index in [1.54, 1.807) is 11.0 Å². The summed E-state index contributed by atoms with van der Waals surface area (Å²) in [4.78, 5) is 55.8. The molecule has 9 nitrogen and oxygen atoms in total. The molecule has 0 spiro atoms. The lowest BCUT2D eigenvalue weighted by Crippen LogP contribution is -2.53. The number of likely N-dealkylation sites (tertiary alicyclic amines) is 1. The number of aliphatic carboxylic acids is 1. The maximum absolute atomic E-state index is 13.5. The van der Waals surface area contributed by atoms with Crippen LogP contribution in [0.1, 0.15) is 49.0 Å². The van der Waals surface area contributed by atoms with Crippen LogP contribution >= 0.6 is 0 Å². The van der Waals surface area contributed by atoms with Crippen molar-refractivity contribution in [3.63, 3.8) is 0 Å². The van der Waals surface area contributed by atoms with Crippen LogP contribution in [-0.2, 0) is 14.4 Å². The Kier molecular flexibility index (Phi) is 6.02. The molecule has 1 unspecified atom stereocenters. The Balaban J connectivity index is 1.36. The van der Waals surface area contributed by atoms with Crippen molar-refractivity contribution in [3.05, 3.63) is 36.0 Å². The number of nitrogens with one attached hydrogen (secondary N) is 3. The summed E-state index contributed by atoms with van der Waals surface area (Å²) in [5.74, 6) is -2.22.